The molecule has 1 fully saturated rings. The van der Waals surface area contributed by atoms with E-state index in [0.29, 0.717) is 12.3 Å². The minimum Gasteiger partial charge on any atom is -0.496 e. The summed E-state index contributed by atoms with van der Waals surface area (Å²) in [5.41, 5.74) is 1.99. The van der Waals surface area contributed by atoms with Gasteiger partial charge in [-0.1, -0.05) is 18.2 Å². The van der Waals surface area contributed by atoms with E-state index in [2.05, 4.69) is 16.3 Å². The molecule has 138 valence electrons. The van der Waals surface area contributed by atoms with E-state index in [1.165, 1.54) is 6.07 Å². The Morgan fingerprint density at radius 2 is 1.96 bits per heavy atom. The molecule has 2 aromatic carbocycles. The number of benzene rings is 2. The van der Waals surface area contributed by atoms with Crippen LogP contribution < -0.4 is 14.8 Å². The lowest BCUT2D eigenvalue weighted by molar-refractivity contribution is -0.385. The van der Waals surface area contributed by atoms with Gasteiger partial charge in [0.25, 0.3) is 5.69 Å². The average molecular weight is 357 g/mol. The molecule has 2 aromatic rings. The summed E-state index contributed by atoms with van der Waals surface area (Å²) >= 11 is 0. The first-order valence-electron chi connectivity index (χ1n) is 8.53. The maximum atomic E-state index is 11.1. The van der Waals surface area contributed by atoms with Crippen LogP contribution in [-0.4, -0.2) is 43.7 Å². The van der Waals surface area contributed by atoms with Gasteiger partial charge in [0.1, 0.15) is 11.5 Å². The van der Waals surface area contributed by atoms with Crippen molar-refractivity contribution in [3.05, 3.63) is 63.7 Å². The monoisotopic (exact) mass is 357 g/mol. The Morgan fingerprint density at radius 3 is 2.69 bits per heavy atom. The normalized spacial score (nSPS) is 17.7. The van der Waals surface area contributed by atoms with Crippen molar-refractivity contribution in [2.24, 2.45) is 0 Å². The van der Waals surface area contributed by atoms with E-state index < -0.39 is 0 Å². The number of nitro groups is 1. The summed E-state index contributed by atoms with van der Waals surface area (Å²) in [4.78, 5) is 13.1. The van der Waals surface area contributed by atoms with Crippen LogP contribution in [0.4, 0.5) is 5.69 Å². The minimum atomic E-state index is -0.377. The topological polar surface area (TPSA) is 76.9 Å². The number of nitro benzene ring substituents is 1. The second-order valence-electron chi connectivity index (χ2n) is 6.19. The highest BCUT2D eigenvalue weighted by molar-refractivity contribution is 5.44. The Morgan fingerprint density at radius 1 is 1.19 bits per heavy atom. The lowest BCUT2D eigenvalue weighted by Gasteiger charge is -2.37. The number of nitrogens with zero attached hydrogens (tertiary/aromatic N) is 2. The molecule has 1 heterocycles. The molecule has 0 radical (unpaired) electrons. The highest BCUT2D eigenvalue weighted by Crippen LogP contribution is 2.33. The van der Waals surface area contributed by atoms with Gasteiger partial charge in [-0.05, 0) is 12.1 Å². The molecule has 1 atom stereocenters. The Bertz CT molecular complexity index is 781. The summed E-state index contributed by atoms with van der Waals surface area (Å²) < 4.78 is 10.9. The van der Waals surface area contributed by atoms with Gasteiger partial charge >= 0.3 is 0 Å². The van der Waals surface area contributed by atoms with Gasteiger partial charge in [-0.25, -0.2) is 0 Å². The molecule has 0 aromatic heterocycles. The Labute approximate surface area is 152 Å². The summed E-state index contributed by atoms with van der Waals surface area (Å²) in [7, 11) is 3.25. The van der Waals surface area contributed by atoms with Crippen LogP contribution in [0.3, 0.4) is 0 Å². The smallest absolute Gasteiger partial charge is 0.270 e. The van der Waals surface area contributed by atoms with Gasteiger partial charge in [0.05, 0.1) is 25.2 Å². The SMILES string of the molecule is COc1ccc([N+](=O)[O-])cc1CN1CCNCC1c1ccccc1OC. The van der Waals surface area contributed by atoms with E-state index in [4.69, 9.17) is 9.47 Å². The van der Waals surface area contributed by atoms with Gasteiger partial charge in [-0.3, -0.25) is 15.0 Å². The molecule has 3 rings (SSSR count). The Hall–Kier alpha value is -2.64. The van der Waals surface area contributed by atoms with E-state index in [-0.39, 0.29) is 16.7 Å². The fourth-order valence-electron chi connectivity index (χ4n) is 3.40. The molecule has 1 aliphatic rings. The molecule has 0 amide bonds. The lowest BCUT2D eigenvalue weighted by Crippen LogP contribution is -2.45. The summed E-state index contributed by atoms with van der Waals surface area (Å²) in [6.07, 6.45) is 0. The van der Waals surface area contributed by atoms with Crippen molar-refractivity contribution in [1.82, 2.24) is 10.2 Å². The molecule has 0 spiro atoms. The largest absolute Gasteiger partial charge is 0.496 e. The van der Waals surface area contributed by atoms with Crippen LogP contribution in [0.25, 0.3) is 0 Å². The van der Waals surface area contributed by atoms with Gasteiger partial charge in [0.2, 0.25) is 0 Å². The van der Waals surface area contributed by atoms with Gasteiger partial charge in [0.15, 0.2) is 0 Å². The van der Waals surface area contributed by atoms with E-state index >= 15 is 0 Å². The zero-order valence-electron chi connectivity index (χ0n) is 15.0. The van der Waals surface area contributed by atoms with Crippen molar-refractivity contribution in [3.63, 3.8) is 0 Å². The standard InChI is InChI=1S/C19H23N3O4/c1-25-18-8-7-15(22(23)24)11-14(18)13-21-10-9-20-12-17(21)16-5-3-4-6-19(16)26-2/h3-8,11,17,20H,9-10,12-13H2,1-2H3. The molecular formula is C19H23N3O4. The Kier molecular flexibility index (Phi) is 5.70. The zero-order valence-corrected chi connectivity index (χ0v) is 15.0. The molecule has 1 aliphatic heterocycles. The van der Waals surface area contributed by atoms with Gasteiger partial charge in [-0.2, -0.15) is 0 Å². The molecule has 1 N–H and O–H groups in total. The van der Waals surface area contributed by atoms with Crippen LogP contribution >= 0.6 is 0 Å². The quantitative estimate of drug-likeness (QED) is 0.633. The third-order valence-corrected chi connectivity index (χ3v) is 4.70. The van der Waals surface area contributed by atoms with Crippen molar-refractivity contribution in [2.45, 2.75) is 12.6 Å². The first-order valence-corrected chi connectivity index (χ1v) is 8.53. The number of para-hydroxylation sites is 1. The molecular weight excluding hydrogens is 334 g/mol. The van der Waals surface area contributed by atoms with Crippen molar-refractivity contribution >= 4 is 5.69 Å². The van der Waals surface area contributed by atoms with Crippen molar-refractivity contribution in [2.75, 3.05) is 33.9 Å². The number of nitrogens with one attached hydrogen (secondary N) is 1. The molecule has 1 unspecified atom stereocenters. The number of ether oxygens (including phenoxy) is 2. The second kappa shape index (κ2) is 8.16. The van der Waals surface area contributed by atoms with Crippen LogP contribution in [0.1, 0.15) is 17.2 Å². The van der Waals surface area contributed by atoms with Gasteiger partial charge < -0.3 is 14.8 Å². The first-order chi connectivity index (χ1) is 12.6. The van der Waals surface area contributed by atoms with Crippen LogP contribution in [0.15, 0.2) is 42.5 Å². The van der Waals surface area contributed by atoms with Gasteiger partial charge in [0, 0.05) is 49.4 Å². The van der Waals surface area contributed by atoms with Crippen molar-refractivity contribution in [3.8, 4) is 11.5 Å². The molecule has 26 heavy (non-hydrogen) atoms. The lowest BCUT2D eigenvalue weighted by atomic mass is 10.0. The van der Waals surface area contributed by atoms with E-state index in [0.717, 1.165) is 36.5 Å². The predicted octanol–water partition coefficient (Wildman–Crippen LogP) is 2.76. The molecule has 7 nitrogen and oxygen atoms in total. The van der Waals surface area contributed by atoms with Gasteiger partial charge in [-0.15, -0.1) is 0 Å². The van der Waals surface area contributed by atoms with E-state index in [1.807, 2.05) is 18.2 Å². The summed E-state index contributed by atoms with van der Waals surface area (Å²) in [6.45, 7) is 3.05. The van der Waals surface area contributed by atoms with Crippen LogP contribution in [0.2, 0.25) is 0 Å². The maximum Gasteiger partial charge on any atom is 0.270 e. The minimum absolute atomic E-state index is 0.0739. The second-order valence-corrected chi connectivity index (χ2v) is 6.19. The number of hydrogen-bond donors (Lipinski definition) is 1. The fourth-order valence-corrected chi connectivity index (χ4v) is 3.40. The van der Waals surface area contributed by atoms with Crippen molar-refractivity contribution < 1.29 is 14.4 Å². The number of rotatable bonds is 6. The Balaban J connectivity index is 1.92. The maximum absolute atomic E-state index is 11.1. The summed E-state index contributed by atoms with van der Waals surface area (Å²) in [5.74, 6) is 1.50. The highest BCUT2D eigenvalue weighted by Gasteiger charge is 2.27. The van der Waals surface area contributed by atoms with E-state index in [9.17, 15) is 10.1 Å². The van der Waals surface area contributed by atoms with Crippen LogP contribution in [0.5, 0.6) is 11.5 Å². The number of hydrogen-bond acceptors (Lipinski definition) is 6. The highest BCUT2D eigenvalue weighted by atomic mass is 16.6. The molecule has 0 bridgehead atoms. The average Bonchev–Trinajstić information content (AvgIpc) is 2.68. The predicted molar refractivity (Wildman–Crippen MR) is 98.7 cm³/mol. The van der Waals surface area contributed by atoms with E-state index in [1.54, 1.807) is 26.4 Å². The molecule has 1 saturated heterocycles. The van der Waals surface area contributed by atoms with Crippen LogP contribution in [0, 0.1) is 10.1 Å². The molecule has 0 saturated carbocycles. The number of non-ortho nitro benzene ring substituents is 1. The van der Waals surface area contributed by atoms with Crippen LogP contribution in [-0.2, 0) is 6.54 Å². The number of methoxy groups -OCH3 is 2. The number of piperazine rings is 1. The summed E-state index contributed by atoms with van der Waals surface area (Å²) in [5, 5.41) is 14.6. The zero-order chi connectivity index (χ0) is 18.5. The summed E-state index contributed by atoms with van der Waals surface area (Å²) in [6, 6.07) is 12.8. The third-order valence-electron chi connectivity index (χ3n) is 4.70. The van der Waals surface area contributed by atoms with Crippen molar-refractivity contribution in [1.29, 1.82) is 0 Å². The molecule has 7 heteroatoms. The third kappa shape index (κ3) is 3.79. The fraction of sp³-hybridized carbons (Fsp3) is 0.368. The molecule has 0 aliphatic carbocycles. The first kappa shape index (κ1) is 18.2.